The van der Waals surface area contributed by atoms with Crippen LogP contribution in [0, 0.1) is 0 Å². The molecule has 0 saturated carbocycles. The SMILES string of the molecule is C=CC(=O)OCCN(C)S(=O)(=O)CC(F)(F)C(F)(F)C(F)(F)C(F)(F)C(F)(F)C(F)(F)C(F)(F)C(F)(F)C(F)(F)C(F)(F)F. The third-order valence-electron chi connectivity index (χ3n) is 5.23. The van der Waals surface area contributed by atoms with E-state index in [1.54, 1.807) is 0 Å². The first-order chi connectivity index (χ1) is 18.8. The lowest BCUT2D eigenvalue weighted by Gasteiger charge is -2.44. The highest BCUT2D eigenvalue weighted by molar-refractivity contribution is 7.89. The Hall–Kier alpha value is -2.35. The van der Waals surface area contributed by atoms with Crippen LogP contribution in [-0.4, -0.2) is 104 Å². The summed E-state index contributed by atoms with van der Waals surface area (Å²) >= 11 is 0. The Morgan fingerprint density at radius 2 is 0.909 bits per heavy atom. The summed E-state index contributed by atoms with van der Waals surface area (Å²) in [5.41, 5.74) is 0. The maximum Gasteiger partial charge on any atom is 0.460 e. The molecule has 0 aromatic heterocycles. The number of sulfonamides is 1. The zero-order chi connectivity index (χ0) is 36.2. The fourth-order valence-corrected chi connectivity index (χ4v) is 3.71. The molecule has 0 spiro atoms. The summed E-state index contributed by atoms with van der Waals surface area (Å²) in [7, 11) is -6.05. The number of esters is 1. The van der Waals surface area contributed by atoms with Crippen molar-refractivity contribution in [3.05, 3.63) is 12.7 Å². The predicted molar refractivity (Wildman–Crippen MR) is 98.2 cm³/mol. The van der Waals surface area contributed by atoms with Gasteiger partial charge in [-0.3, -0.25) is 0 Å². The Balaban J connectivity index is 6.83. The van der Waals surface area contributed by atoms with E-state index in [1.807, 2.05) is 0 Å². The minimum absolute atomic E-state index is 0.131. The van der Waals surface area contributed by atoms with Gasteiger partial charge in [-0.2, -0.15) is 92.2 Å². The van der Waals surface area contributed by atoms with Gasteiger partial charge in [-0.15, -0.1) is 0 Å². The first-order valence-electron chi connectivity index (χ1n) is 10.0. The van der Waals surface area contributed by atoms with Gasteiger partial charge < -0.3 is 4.74 Å². The van der Waals surface area contributed by atoms with E-state index in [0.29, 0.717) is 6.08 Å². The number of nitrogens with zero attached hydrogens (tertiary/aromatic N) is 1. The molecular weight excluding hydrogens is 713 g/mol. The largest absolute Gasteiger partial charge is 0.461 e. The number of likely N-dealkylation sites (N-methyl/N-ethyl adjacent to an activating group) is 1. The number of hydrogen-bond donors (Lipinski definition) is 0. The lowest BCUT2D eigenvalue weighted by molar-refractivity contribution is -0.473. The molecule has 5 nitrogen and oxygen atoms in total. The van der Waals surface area contributed by atoms with Crippen LogP contribution in [0.5, 0.6) is 0 Å². The summed E-state index contributed by atoms with van der Waals surface area (Å²) < 4.78 is 308. The van der Waals surface area contributed by atoms with Crippen molar-refractivity contribution in [2.24, 2.45) is 0 Å². The topological polar surface area (TPSA) is 63.7 Å². The van der Waals surface area contributed by atoms with Crippen LogP contribution < -0.4 is 0 Å². The van der Waals surface area contributed by atoms with Gasteiger partial charge in [-0.05, 0) is 0 Å². The Kier molecular flexibility index (Phi) is 10.9. The number of alkyl halides is 21. The molecule has 0 aromatic carbocycles. The summed E-state index contributed by atoms with van der Waals surface area (Å²) in [6.07, 6.45) is -7.66. The molecule has 0 rings (SSSR count). The third-order valence-corrected chi connectivity index (χ3v) is 7.09. The second-order valence-corrected chi connectivity index (χ2v) is 10.3. The third kappa shape index (κ3) is 6.09. The highest BCUT2D eigenvalue weighted by Crippen LogP contribution is 2.66. The molecule has 27 heteroatoms. The van der Waals surface area contributed by atoms with Crippen LogP contribution in [0.3, 0.4) is 0 Å². The Morgan fingerprint density at radius 1 is 0.614 bits per heavy atom. The lowest BCUT2D eigenvalue weighted by atomic mass is 9.86. The maximum absolute atomic E-state index is 14.0. The summed E-state index contributed by atoms with van der Waals surface area (Å²) in [4.78, 5) is 10.8. The van der Waals surface area contributed by atoms with Gasteiger partial charge in [0.05, 0.1) is 0 Å². The number of ether oxygens (including phenoxy) is 1. The summed E-state index contributed by atoms with van der Waals surface area (Å²) in [6, 6.07) is 0. The smallest absolute Gasteiger partial charge is 0.460 e. The van der Waals surface area contributed by atoms with Gasteiger partial charge in [0.15, 0.2) is 0 Å². The van der Waals surface area contributed by atoms with Crippen LogP contribution in [0.4, 0.5) is 92.2 Å². The number of hydrogen-bond acceptors (Lipinski definition) is 4. The highest BCUT2D eigenvalue weighted by Gasteiger charge is 2.97. The van der Waals surface area contributed by atoms with E-state index in [1.165, 1.54) is 0 Å². The number of halogens is 21. The average Bonchev–Trinajstić information content (AvgIpc) is 2.81. The van der Waals surface area contributed by atoms with E-state index in [-0.39, 0.29) is 7.05 Å². The number of rotatable bonds is 15. The molecule has 0 atom stereocenters. The van der Waals surface area contributed by atoms with E-state index >= 15 is 0 Å². The Bertz CT molecular complexity index is 1180. The Labute approximate surface area is 229 Å². The molecule has 0 aliphatic heterocycles. The van der Waals surface area contributed by atoms with Gasteiger partial charge in [0.1, 0.15) is 12.4 Å². The molecule has 0 saturated heterocycles. The van der Waals surface area contributed by atoms with Gasteiger partial charge in [0.2, 0.25) is 10.0 Å². The minimum Gasteiger partial charge on any atom is -0.461 e. The number of carbonyl (C=O) groups excluding carboxylic acids is 1. The quantitative estimate of drug-likeness (QED) is 0.114. The molecule has 0 amide bonds. The molecule has 0 unspecified atom stereocenters. The summed E-state index contributed by atoms with van der Waals surface area (Å²) in [6.45, 7) is 0.349. The van der Waals surface area contributed by atoms with Crippen molar-refractivity contribution in [2.75, 3.05) is 26.0 Å². The van der Waals surface area contributed by atoms with Crippen molar-refractivity contribution in [1.29, 1.82) is 0 Å². The van der Waals surface area contributed by atoms with Crippen molar-refractivity contribution in [1.82, 2.24) is 4.31 Å². The highest BCUT2D eigenvalue weighted by atomic mass is 32.2. The summed E-state index contributed by atoms with van der Waals surface area (Å²) in [5.74, 6) is -84.4. The van der Waals surface area contributed by atoms with Crippen LogP contribution in [-0.2, 0) is 19.6 Å². The molecule has 0 aliphatic rings. The van der Waals surface area contributed by atoms with Crippen LogP contribution in [0.15, 0.2) is 12.7 Å². The van der Waals surface area contributed by atoms with E-state index in [4.69, 9.17) is 0 Å². The van der Waals surface area contributed by atoms with Crippen molar-refractivity contribution in [2.45, 2.75) is 59.5 Å². The van der Waals surface area contributed by atoms with Gasteiger partial charge in [0, 0.05) is 19.7 Å². The van der Waals surface area contributed by atoms with Crippen molar-refractivity contribution < 1.29 is 110 Å². The average molecular weight is 725 g/mol. The monoisotopic (exact) mass is 725 g/mol. The van der Waals surface area contributed by atoms with E-state index in [0.717, 1.165) is 0 Å². The second-order valence-electron chi connectivity index (χ2n) is 8.25. The normalized spacial score (nSPS) is 15.9. The van der Waals surface area contributed by atoms with Crippen LogP contribution in [0.1, 0.15) is 0 Å². The maximum atomic E-state index is 14.0. The van der Waals surface area contributed by atoms with Gasteiger partial charge >= 0.3 is 65.4 Å². The van der Waals surface area contributed by atoms with Crippen LogP contribution >= 0.6 is 0 Å². The number of carbonyl (C=O) groups is 1. The standard InChI is InChI=1S/C17H12F21NO4S/c1-3-7(40)43-5-4-39(2)44(41,42)6-8(18,19)9(20,21)10(22,23)11(24,25)12(26,27)13(28,29)14(30,31)15(32,33)16(34,35)17(36,37)38/h3H,1,4-6H2,2H3. The van der Waals surface area contributed by atoms with Crippen molar-refractivity contribution in [3.8, 4) is 0 Å². The van der Waals surface area contributed by atoms with Crippen LogP contribution in [0.25, 0.3) is 0 Å². The first kappa shape index (κ1) is 41.7. The van der Waals surface area contributed by atoms with E-state index in [2.05, 4.69) is 11.3 Å². The van der Waals surface area contributed by atoms with Crippen molar-refractivity contribution >= 4 is 16.0 Å². The molecule has 0 fully saturated rings. The van der Waals surface area contributed by atoms with E-state index in [9.17, 15) is 105 Å². The van der Waals surface area contributed by atoms with Crippen LogP contribution in [0.2, 0.25) is 0 Å². The molecule has 0 heterocycles. The lowest BCUT2D eigenvalue weighted by Crippen LogP contribution is -2.77. The molecular formula is C17H12F21NO4S. The van der Waals surface area contributed by atoms with Crippen molar-refractivity contribution in [3.63, 3.8) is 0 Å². The molecule has 44 heavy (non-hydrogen) atoms. The van der Waals surface area contributed by atoms with Gasteiger partial charge in [0.25, 0.3) is 0 Å². The molecule has 0 aromatic rings. The molecule has 0 aliphatic carbocycles. The van der Waals surface area contributed by atoms with E-state index < -0.39 is 98.7 Å². The van der Waals surface area contributed by atoms with Gasteiger partial charge in [-0.1, -0.05) is 6.58 Å². The molecule has 0 radical (unpaired) electrons. The fraction of sp³-hybridized carbons (Fsp3) is 0.824. The Morgan fingerprint density at radius 3 is 1.20 bits per heavy atom. The molecule has 262 valence electrons. The first-order valence-corrected chi connectivity index (χ1v) is 11.6. The molecule has 0 N–H and O–H groups in total. The minimum atomic E-state index is -9.33. The fourth-order valence-electron chi connectivity index (χ4n) is 2.49. The second kappa shape index (κ2) is 11.5. The molecule has 0 bridgehead atoms. The predicted octanol–water partition coefficient (Wildman–Crippen LogP) is 6.26. The summed E-state index contributed by atoms with van der Waals surface area (Å²) in [5, 5.41) is 0. The van der Waals surface area contributed by atoms with Gasteiger partial charge in [-0.25, -0.2) is 17.5 Å². The zero-order valence-corrected chi connectivity index (χ0v) is 21.1. The zero-order valence-electron chi connectivity index (χ0n) is 20.3.